The number of esters is 1. The lowest BCUT2D eigenvalue weighted by Crippen LogP contribution is -2.51. The van der Waals surface area contributed by atoms with Crippen molar-refractivity contribution in [3.63, 3.8) is 0 Å². The van der Waals surface area contributed by atoms with Crippen molar-refractivity contribution >= 4 is 34.3 Å². The fourth-order valence-corrected chi connectivity index (χ4v) is 4.21. The molecule has 1 fully saturated rings. The molecule has 3 heterocycles. The molecular weight excluding hydrogens is 392 g/mol. The van der Waals surface area contributed by atoms with Crippen molar-refractivity contribution in [3.8, 4) is 0 Å². The number of nitrogens with zero attached hydrogens (tertiary/aromatic N) is 3. The van der Waals surface area contributed by atoms with E-state index in [9.17, 15) is 9.59 Å². The highest BCUT2D eigenvalue weighted by molar-refractivity contribution is 5.96. The molecule has 1 N–H and O–H groups in total. The first-order chi connectivity index (χ1) is 15.1. The Morgan fingerprint density at radius 1 is 1.06 bits per heavy atom. The molecule has 1 saturated heterocycles. The fraction of sp³-hybridized carbons (Fsp3) is 0.292. The Hall–Kier alpha value is -3.45. The molecule has 1 aromatic heterocycles. The van der Waals surface area contributed by atoms with Gasteiger partial charge in [-0.15, -0.1) is 0 Å². The van der Waals surface area contributed by atoms with E-state index in [0.29, 0.717) is 31.1 Å². The van der Waals surface area contributed by atoms with E-state index in [1.807, 2.05) is 55.6 Å². The van der Waals surface area contributed by atoms with Crippen LogP contribution in [0.3, 0.4) is 0 Å². The lowest BCUT2D eigenvalue weighted by Gasteiger charge is -2.33. The summed E-state index contributed by atoms with van der Waals surface area (Å²) < 4.78 is 5.07. The van der Waals surface area contributed by atoms with Crippen molar-refractivity contribution in [2.45, 2.75) is 13.0 Å². The van der Waals surface area contributed by atoms with Crippen LogP contribution in [0.15, 0.2) is 48.5 Å². The summed E-state index contributed by atoms with van der Waals surface area (Å²) in [6.07, 6.45) is 0.830. The third-order valence-corrected chi connectivity index (χ3v) is 6.00. The number of cyclic esters (lactones) is 1. The van der Waals surface area contributed by atoms with Gasteiger partial charge in [-0.3, -0.25) is 14.6 Å². The first kappa shape index (κ1) is 19.5. The molecule has 3 aromatic rings. The average Bonchev–Trinajstić information content (AvgIpc) is 3.17. The van der Waals surface area contributed by atoms with Gasteiger partial charge in [0, 0.05) is 43.3 Å². The highest BCUT2D eigenvalue weighted by atomic mass is 16.5. The number of fused-ring (bicyclic) bond motifs is 2. The largest absolute Gasteiger partial charge is 0.457 e. The van der Waals surface area contributed by atoms with Crippen LogP contribution in [-0.2, 0) is 22.6 Å². The Morgan fingerprint density at radius 3 is 2.81 bits per heavy atom. The molecule has 2 aliphatic rings. The molecule has 7 nitrogen and oxygen atoms in total. The molecule has 0 radical (unpaired) electrons. The second-order valence-electron chi connectivity index (χ2n) is 7.97. The predicted octanol–water partition coefficient (Wildman–Crippen LogP) is 2.84. The van der Waals surface area contributed by atoms with Gasteiger partial charge in [-0.1, -0.05) is 12.1 Å². The standard InChI is InChI=1S/C24H24N4O3/c1-25-19-4-6-21-17(13-19)3-7-22(26-21)28-11-10-27(14-23(28)29)9-8-16-2-5-20-18(12-16)15-31-24(20)30/h2-7,12-13,25H,8-11,14-15H2,1H3. The van der Waals surface area contributed by atoms with Gasteiger partial charge in [-0.05, 0) is 48.4 Å². The van der Waals surface area contributed by atoms with E-state index in [1.165, 1.54) is 0 Å². The van der Waals surface area contributed by atoms with Crippen molar-refractivity contribution in [1.29, 1.82) is 0 Å². The summed E-state index contributed by atoms with van der Waals surface area (Å²) in [4.78, 5) is 33.1. The molecule has 31 heavy (non-hydrogen) atoms. The molecule has 0 spiro atoms. The lowest BCUT2D eigenvalue weighted by molar-refractivity contribution is -0.121. The van der Waals surface area contributed by atoms with E-state index in [-0.39, 0.29) is 11.9 Å². The number of ether oxygens (including phenoxy) is 1. The Kier molecular flexibility index (Phi) is 5.03. The second kappa shape index (κ2) is 8.00. The minimum atomic E-state index is -0.243. The number of piperazine rings is 1. The van der Waals surface area contributed by atoms with Crippen molar-refractivity contribution in [1.82, 2.24) is 9.88 Å². The Balaban J connectivity index is 1.22. The number of hydrogen-bond donors (Lipinski definition) is 1. The van der Waals surface area contributed by atoms with Crippen LogP contribution in [0.4, 0.5) is 11.5 Å². The average molecular weight is 416 g/mol. The number of anilines is 2. The molecule has 158 valence electrons. The Labute approximate surface area is 180 Å². The van der Waals surface area contributed by atoms with E-state index < -0.39 is 0 Å². The number of aromatic nitrogens is 1. The predicted molar refractivity (Wildman–Crippen MR) is 119 cm³/mol. The molecule has 2 aliphatic heterocycles. The summed E-state index contributed by atoms with van der Waals surface area (Å²) in [5.41, 5.74) is 4.69. The van der Waals surface area contributed by atoms with E-state index in [4.69, 9.17) is 9.72 Å². The van der Waals surface area contributed by atoms with Crippen LogP contribution >= 0.6 is 0 Å². The van der Waals surface area contributed by atoms with Gasteiger partial charge < -0.3 is 10.1 Å². The fourth-order valence-electron chi connectivity index (χ4n) is 4.21. The maximum absolute atomic E-state index is 12.8. The van der Waals surface area contributed by atoms with Gasteiger partial charge in [-0.2, -0.15) is 0 Å². The number of hydrogen-bond acceptors (Lipinski definition) is 6. The summed E-state index contributed by atoms with van der Waals surface area (Å²) in [7, 11) is 1.89. The number of carbonyl (C=O) groups is 2. The molecular formula is C24H24N4O3. The van der Waals surface area contributed by atoms with Crippen molar-refractivity contribution < 1.29 is 14.3 Å². The first-order valence-electron chi connectivity index (χ1n) is 10.5. The summed E-state index contributed by atoms with van der Waals surface area (Å²) >= 11 is 0. The third kappa shape index (κ3) is 3.84. The maximum atomic E-state index is 12.8. The van der Waals surface area contributed by atoms with Gasteiger partial charge in [0.2, 0.25) is 5.91 Å². The zero-order valence-electron chi connectivity index (χ0n) is 17.4. The van der Waals surface area contributed by atoms with E-state index in [2.05, 4.69) is 10.2 Å². The van der Waals surface area contributed by atoms with E-state index in [0.717, 1.165) is 47.2 Å². The summed E-state index contributed by atoms with van der Waals surface area (Å²) in [5, 5.41) is 4.17. The van der Waals surface area contributed by atoms with Crippen LogP contribution < -0.4 is 10.2 Å². The highest BCUT2D eigenvalue weighted by Gasteiger charge is 2.26. The monoisotopic (exact) mass is 416 g/mol. The van der Waals surface area contributed by atoms with Crippen LogP contribution in [0, 0.1) is 0 Å². The number of benzene rings is 2. The van der Waals surface area contributed by atoms with Crippen LogP contribution in [0.25, 0.3) is 10.9 Å². The van der Waals surface area contributed by atoms with Crippen molar-refractivity contribution in [2.24, 2.45) is 0 Å². The quantitative estimate of drug-likeness (QED) is 0.645. The minimum Gasteiger partial charge on any atom is -0.457 e. The van der Waals surface area contributed by atoms with Gasteiger partial charge in [0.05, 0.1) is 17.6 Å². The summed E-state index contributed by atoms with van der Waals surface area (Å²) in [6, 6.07) is 15.8. The molecule has 5 rings (SSSR count). The molecule has 0 atom stereocenters. The number of carbonyl (C=O) groups excluding carboxylic acids is 2. The lowest BCUT2D eigenvalue weighted by atomic mass is 10.0. The number of amides is 1. The maximum Gasteiger partial charge on any atom is 0.338 e. The van der Waals surface area contributed by atoms with Crippen LogP contribution in [-0.4, -0.2) is 55.0 Å². The van der Waals surface area contributed by atoms with Crippen molar-refractivity contribution in [2.75, 3.05) is 43.4 Å². The van der Waals surface area contributed by atoms with Crippen molar-refractivity contribution in [3.05, 3.63) is 65.2 Å². The van der Waals surface area contributed by atoms with E-state index in [1.54, 1.807) is 4.90 Å². The topological polar surface area (TPSA) is 74.8 Å². The van der Waals surface area contributed by atoms with Crippen LogP contribution in [0.2, 0.25) is 0 Å². The second-order valence-corrected chi connectivity index (χ2v) is 7.97. The minimum absolute atomic E-state index is 0.0675. The summed E-state index contributed by atoms with van der Waals surface area (Å²) in [5.74, 6) is 0.531. The van der Waals surface area contributed by atoms with Gasteiger partial charge >= 0.3 is 5.97 Å². The van der Waals surface area contributed by atoms with Gasteiger partial charge in [0.1, 0.15) is 12.4 Å². The van der Waals surface area contributed by atoms with Gasteiger partial charge in [-0.25, -0.2) is 9.78 Å². The molecule has 7 heteroatoms. The van der Waals surface area contributed by atoms with Gasteiger partial charge in [0.25, 0.3) is 0 Å². The summed E-state index contributed by atoms with van der Waals surface area (Å²) in [6.45, 7) is 2.96. The zero-order chi connectivity index (χ0) is 21.4. The molecule has 1 amide bonds. The molecule has 0 saturated carbocycles. The highest BCUT2D eigenvalue weighted by Crippen LogP contribution is 2.24. The third-order valence-electron chi connectivity index (χ3n) is 6.00. The molecule has 0 unspecified atom stereocenters. The first-order valence-corrected chi connectivity index (χ1v) is 10.5. The number of nitrogens with one attached hydrogen (secondary N) is 1. The Morgan fingerprint density at radius 2 is 1.97 bits per heavy atom. The normalized spacial score (nSPS) is 16.5. The van der Waals surface area contributed by atoms with Crippen LogP contribution in [0.1, 0.15) is 21.5 Å². The van der Waals surface area contributed by atoms with Gasteiger partial charge in [0.15, 0.2) is 0 Å². The zero-order valence-corrected chi connectivity index (χ0v) is 17.4. The molecule has 0 bridgehead atoms. The molecule has 2 aromatic carbocycles. The number of pyridine rings is 1. The number of rotatable bonds is 5. The van der Waals surface area contributed by atoms with Crippen LogP contribution in [0.5, 0.6) is 0 Å². The smallest absolute Gasteiger partial charge is 0.338 e. The Bertz CT molecular complexity index is 1180. The van der Waals surface area contributed by atoms with E-state index >= 15 is 0 Å². The SMILES string of the molecule is CNc1ccc2nc(N3CCN(CCc4ccc5c(c4)COC5=O)CC3=O)ccc2c1. The molecule has 0 aliphatic carbocycles.